The Balaban J connectivity index is 0.887. The van der Waals surface area contributed by atoms with Crippen LogP contribution in [0.2, 0.25) is 0 Å². The zero-order valence-electron chi connectivity index (χ0n) is 53.4. The van der Waals surface area contributed by atoms with E-state index < -0.39 is 98.1 Å². The zero-order valence-corrected chi connectivity index (χ0v) is 54.3. The fourth-order valence-corrected chi connectivity index (χ4v) is 12.1. The van der Waals surface area contributed by atoms with E-state index in [1.807, 2.05) is 0 Å². The summed E-state index contributed by atoms with van der Waals surface area (Å²) in [6.45, 7) is 2.47. The van der Waals surface area contributed by atoms with Gasteiger partial charge in [-0.15, -0.1) is 0 Å². The van der Waals surface area contributed by atoms with Crippen molar-refractivity contribution in [3.8, 4) is 17.2 Å². The maximum atomic E-state index is 15.3. The maximum Gasteiger partial charge on any atom is 0.432 e. The van der Waals surface area contributed by atoms with Gasteiger partial charge in [0, 0.05) is 5.56 Å². The van der Waals surface area contributed by atoms with Crippen LogP contribution in [0.15, 0.2) is 267 Å². The Morgan fingerprint density at radius 1 is 0.500 bits per heavy atom. The Hall–Kier alpha value is -12.1. The second kappa shape index (κ2) is 30.5. The number of carbonyl (C=O) groups excluding carboxylic acids is 7. The Labute approximate surface area is 572 Å². The topological polar surface area (TPSA) is 301 Å². The van der Waals surface area contributed by atoms with Gasteiger partial charge in [-0.2, -0.15) is 0 Å². The van der Waals surface area contributed by atoms with E-state index in [1.54, 1.807) is 244 Å². The Kier molecular flexibility index (Phi) is 20.7. The van der Waals surface area contributed by atoms with E-state index in [2.05, 4.69) is 30.7 Å². The molecule has 2 amide bonds. The lowest BCUT2D eigenvalue weighted by molar-refractivity contribution is -0.123. The number of fused-ring (bicyclic) bond motifs is 1. The summed E-state index contributed by atoms with van der Waals surface area (Å²) in [4.78, 5) is 123. The molecule has 0 saturated carbocycles. The minimum absolute atomic E-state index is 0.00273. The zero-order chi connectivity index (χ0) is 69.8. The molecule has 502 valence electrons. The third-order valence-corrected chi connectivity index (χ3v) is 17.2. The largest absolute Gasteiger partial charge is 0.452 e. The number of anilines is 1. The normalized spacial score (nSPS) is 15.9. The minimum Gasteiger partial charge on any atom is -0.452 e. The van der Waals surface area contributed by atoms with E-state index in [9.17, 15) is 38.2 Å². The third-order valence-electron chi connectivity index (χ3n) is 16.2. The molecule has 1 aliphatic rings. The number of nitrogens with zero attached hydrogens (tertiary/aromatic N) is 4. The van der Waals surface area contributed by atoms with Gasteiger partial charge in [0.15, 0.2) is 35.4 Å². The highest BCUT2D eigenvalue weighted by atomic mass is 31.2. The summed E-state index contributed by atoms with van der Waals surface area (Å²) >= 11 is 0. The SMILES string of the molecule is CC(C)[C@H](NC(c1ccc(OC(=O)c2ccccc2)cc1)(c1ccc(OC(=O)c2ccccc2)cc1)c1ccc(OC(=O)c2ccccc2)cc1)C(=O)NP(=O)(O)OC[C@H]1O[C@@H](n2cnc3c(NC(=O)c4ccccc4)ncnc32)[C@H](OC(=O)c2ccccc2)[C@@H]1OC(=O)c1ccccc1. The lowest BCUT2D eigenvalue weighted by Gasteiger charge is -2.41. The van der Waals surface area contributed by atoms with Crippen LogP contribution in [0.5, 0.6) is 17.2 Å². The molecule has 23 nitrogen and oxygen atoms in total. The first-order valence-corrected chi connectivity index (χ1v) is 33.0. The van der Waals surface area contributed by atoms with Gasteiger partial charge in [0.1, 0.15) is 29.7 Å². The molecular weight excluding hydrogens is 1300 g/mol. The van der Waals surface area contributed by atoms with Crippen molar-refractivity contribution in [2.24, 2.45) is 5.92 Å². The van der Waals surface area contributed by atoms with Crippen LogP contribution in [-0.2, 0) is 33.6 Å². The molecule has 11 aromatic rings. The molecule has 1 saturated heterocycles. The van der Waals surface area contributed by atoms with Gasteiger partial charge in [-0.3, -0.25) is 29.1 Å². The van der Waals surface area contributed by atoms with Crippen molar-refractivity contribution in [2.75, 3.05) is 11.9 Å². The van der Waals surface area contributed by atoms with Crippen molar-refractivity contribution < 1.29 is 76.0 Å². The summed E-state index contributed by atoms with van der Waals surface area (Å²) in [5.41, 5.74) is 1.03. The van der Waals surface area contributed by atoms with E-state index in [0.717, 1.165) is 6.33 Å². The van der Waals surface area contributed by atoms with Gasteiger partial charge < -0.3 is 38.6 Å². The summed E-state index contributed by atoms with van der Waals surface area (Å²) in [6.07, 6.45) is -3.87. The van der Waals surface area contributed by atoms with Gasteiger partial charge in [0.25, 0.3) is 5.91 Å². The molecule has 9 aromatic carbocycles. The van der Waals surface area contributed by atoms with Crippen molar-refractivity contribution in [1.82, 2.24) is 29.9 Å². The van der Waals surface area contributed by atoms with Crippen molar-refractivity contribution >= 4 is 66.4 Å². The van der Waals surface area contributed by atoms with Crippen LogP contribution in [0.3, 0.4) is 0 Å². The molecule has 0 spiro atoms. The Bertz CT molecular complexity index is 4540. The number of nitrogens with one attached hydrogen (secondary N) is 3. The van der Waals surface area contributed by atoms with Gasteiger partial charge in [-0.1, -0.05) is 159 Å². The van der Waals surface area contributed by atoms with Crippen LogP contribution in [0, 0.1) is 5.92 Å². The Morgan fingerprint density at radius 3 is 1.28 bits per heavy atom. The summed E-state index contributed by atoms with van der Waals surface area (Å²) < 4.78 is 58.4. The average molecular weight is 1360 g/mol. The monoisotopic (exact) mass is 1360 g/mol. The van der Waals surface area contributed by atoms with Crippen LogP contribution in [0.1, 0.15) is 98.9 Å². The average Bonchev–Trinajstić information content (AvgIpc) is 0.807. The first-order valence-electron chi connectivity index (χ1n) is 31.4. The molecule has 0 radical (unpaired) electrons. The number of carbonyl (C=O) groups is 7. The molecule has 1 fully saturated rings. The lowest BCUT2D eigenvalue weighted by Crippen LogP contribution is -2.56. The first kappa shape index (κ1) is 67.9. The van der Waals surface area contributed by atoms with Crippen LogP contribution < -0.4 is 29.9 Å². The van der Waals surface area contributed by atoms with E-state index in [-0.39, 0.29) is 45.4 Å². The molecule has 2 aromatic heterocycles. The highest BCUT2D eigenvalue weighted by Crippen LogP contribution is 2.44. The predicted octanol–water partition coefficient (Wildman–Crippen LogP) is 11.9. The highest BCUT2D eigenvalue weighted by Gasteiger charge is 2.52. The predicted molar refractivity (Wildman–Crippen MR) is 364 cm³/mol. The van der Waals surface area contributed by atoms with Gasteiger partial charge in [-0.25, -0.2) is 43.5 Å². The number of hydrogen-bond acceptors (Lipinski definition) is 19. The quantitative estimate of drug-likeness (QED) is 0.0189. The van der Waals surface area contributed by atoms with Crippen molar-refractivity contribution in [3.63, 3.8) is 0 Å². The van der Waals surface area contributed by atoms with Gasteiger partial charge in [0.2, 0.25) is 5.91 Å². The number of esters is 5. The van der Waals surface area contributed by atoms with Crippen LogP contribution >= 0.6 is 7.75 Å². The molecule has 3 heterocycles. The van der Waals surface area contributed by atoms with E-state index in [4.69, 9.17) is 32.9 Å². The van der Waals surface area contributed by atoms with Crippen molar-refractivity contribution in [2.45, 2.75) is 50.0 Å². The Morgan fingerprint density at radius 2 is 0.880 bits per heavy atom. The summed E-state index contributed by atoms with van der Waals surface area (Å²) in [5.74, 6) is -5.56. The summed E-state index contributed by atoms with van der Waals surface area (Å²) in [7, 11) is -5.38. The number of amides is 2. The van der Waals surface area contributed by atoms with E-state index in [0.29, 0.717) is 38.9 Å². The lowest BCUT2D eigenvalue weighted by atomic mass is 9.75. The number of imidazole rings is 1. The van der Waals surface area contributed by atoms with E-state index >= 15 is 4.79 Å². The number of aromatic nitrogens is 4. The standard InChI is InChI=1S/C76H62N7O16P/c1-48(2)62(81-76(55-33-39-58(40-34-55)94-71(86)50-23-11-4-12-24-50,56-35-41-59(42-36-56)95-72(87)51-25-13-5-14-26-51)57-37-43-60(44-38-57)96-73(88)52-27-15-6-16-28-52)69(85)82-100(91,92)93-45-61-64(98-74(89)53-29-17-7-18-30-53)65(99-75(90)54-31-19-8-20-32-54)70(97-61)83-47-79-63-66(77-46-78-67(63)83)80-68(84)49-21-9-3-10-22-49/h3-44,46-48,61-62,64-65,70,81H,45H2,1-2H3,(H,77,78,80,84)(H2,82,85,91,92)/t61-,62+,64-,65-,70-/m1/s1. The molecule has 12 rings (SSSR count). The smallest absolute Gasteiger partial charge is 0.432 e. The van der Waals surface area contributed by atoms with Gasteiger partial charge in [-0.05, 0) is 132 Å². The molecule has 4 N–H and O–H groups in total. The molecule has 0 aliphatic carbocycles. The maximum absolute atomic E-state index is 15.3. The molecule has 1 unspecified atom stereocenters. The number of ether oxygens (including phenoxy) is 6. The molecule has 0 bridgehead atoms. The van der Waals surface area contributed by atoms with Crippen LogP contribution in [-0.4, -0.2) is 97.0 Å². The molecular formula is C76H62N7O16P. The molecule has 24 heteroatoms. The number of hydrogen-bond donors (Lipinski definition) is 4. The summed E-state index contributed by atoms with van der Waals surface area (Å²) in [6, 6.07) is 67.1. The third kappa shape index (κ3) is 15.6. The van der Waals surface area contributed by atoms with Crippen LogP contribution in [0.25, 0.3) is 11.2 Å². The molecule has 1 aliphatic heterocycles. The summed E-state index contributed by atoms with van der Waals surface area (Å²) in [5, 5.41) is 8.51. The van der Waals surface area contributed by atoms with E-state index in [1.165, 1.54) is 35.2 Å². The number of benzene rings is 9. The number of rotatable bonds is 24. The van der Waals surface area contributed by atoms with Gasteiger partial charge >= 0.3 is 37.6 Å². The highest BCUT2D eigenvalue weighted by molar-refractivity contribution is 7.51. The minimum atomic E-state index is -5.38. The molecule has 100 heavy (non-hydrogen) atoms. The van der Waals surface area contributed by atoms with Crippen LogP contribution in [0.4, 0.5) is 5.82 Å². The fourth-order valence-electron chi connectivity index (χ4n) is 11.2. The second-order valence-corrected chi connectivity index (χ2v) is 24.7. The first-order chi connectivity index (χ1) is 48.5. The molecule has 6 atom stereocenters. The fraction of sp³-hybridized carbons (Fsp3) is 0.132. The van der Waals surface area contributed by atoms with Crippen molar-refractivity contribution in [3.05, 3.63) is 318 Å². The van der Waals surface area contributed by atoms with Gasteiger partial charge in [0.05, 0.1) is 52.3 Å². The second-order valence-electron chi connectivity index (χ2n) is 23.2. The van der Waals surface area contributed by atoms with Crippen molar-refractivity contribution in [1.29, 1.82) is 0 Å².